The van der Waals surface area contributed by atoms with E-state index in [0.29, 0.717) is 11.4 Å². The molecule has 4 nitrogen and oxygen atoms in total. The van der Waals surface area contributed by atoms with Crippen LogP contribution in [0.2, 0.25) is 5.02 Å². The van der Waals surface area contributed by atoms with Crippen LogP contribution in [0.15, 0.2) is 30.6 Å². The van der Waals surface area contributed by atoms with Crippen molar-refractivity contribution in [2.24, 2.45) is 0 Å². The quantitative estimate of drug-likeness (QED) is 0.927. The minimum Gasteiger partial charge on any atom is -0.348 e. The fourth-order valence-electron chi connectivity index (χ4n) is 2.72. The molecule has 0 spiro atoms. The summed E-state index contributed by atoms with van der Waals surface area (Å²) in [6.07, 6.45) is 4.94. The molecule has 3 rings (SSSR count). The number of fused-ring (bicyclic) bond motifs is 1. The lowest BCUT2D eigenvalue weighted by Crippen LogP contribution is -2.36. The van der Waals surface area contributed by atoms with Crippen molar-refractivity contribution in [1.82, 2.24) is 14.9 Å². The van der Waals surface area contributed by atoms with E-state index in [4.69, 9.17) is 11.6 Å². The molecule has 110 valence electrons. The van der Waals surface area contributed by atoms with Gasteiger partial charge in [0.15, 0.2) is 0 Å². The molecule has 1 aromatic carbocycles. The summed E-state index contributed by atoms with van der Waals surface area (Å²) in [5.41, 5.74) is 3.32. The third-order valence-electron chi connectivity index (χ3n) is 3.90. The number of benzene rings is 1. The van der Waals surface area contributed by atoms with Crippen molar-refractivity contribution < 1.29 is 4.79 Å². The van der Waals surface area contributed by atoms with E-state index in [1.54, 1.807) is 6.33 Å². The van der Waals surface area contributed by atoms with Gasteiger partial charge in [0, 0.05) is 30.2 Å². The number of aromatic amines is 1. The number of H-pyrrole nitrogens is 1. The minimum absolute atomic E-state index is 0.177. The van der Waals surface area contributed by atoms with Crippen LogP contribution in [0.4, 0.5) is 0 Å². The maximum atomic E-state index is 12.4. The maximum absolute atomic E-state index is 12.4. The molecule has 2 aromatic rings. The lowest BCUT2D eigenvalue weighted by Gasteiger charge is -2.24. The van der Waals surface area contributed by atoms with Crippen LogP contribution in [0.25, 0.3) is 0 Å². The Hall–Kier alpha value is -1.81. The molecule has 0 saturated carbocycles. The van der Waals surface area contributed by atoms with Gasteiger partial charge in [-0.05, 0) is 30.5 Å². The van der Waals surface area contributed by atoms with E-state index in [1.165, 1.54) is 5.69 Å². The zero-order chi connectivity index (χ0) is 14.7. The van der Waals surface area contributed by atoms with Crippen LogP contribution in [0.5, 0.6) is 0 Å². The first-order chi connectivity index (χ1) is 10.2. The molecule has 2 heterocycles. The van der Waals surface area contributed by atoms with E-state index in [-0.39, 0.29) is 5.91 Å². The molecule has 0 aliphatic carbocycles. The number of carbonyl (C=O) groups is 1. The first-order valence-corrected chi connectivity index (χ1v) is 7.63. The fraction of sp³-hybridized carbons (Fsp3) is 0.375. The Morgan fingerprint density at radius 1 is 1.24 bits per heavy atom. The molecular formula is C16H18ClN3O. The Balaban J connectivity index is 1.63. The van der Waals surface area contributed by atoms with Gasteiger partial charge in [0.25, 0.3) is 0 Å². The highest BCUT2D eigenvalue weighted by Crippen LogP contribution is 2.14. The number of aromatic nitrogens is 2. The molecule has 5 heteroatoms. The Morgan fingerprint density at radius 2 is 2.05 bits per heavy atom. The topological polar surface area (TPSA) is 49.0 Å². The Morgan fingerprint density at radius 3 is 2.86 bits per heavy atom. The molecule has 0 radical (unpaired) electrons. The zero-order valence-corrected chi connectivity index (χ0v) is 12.6. The van der Waals surface area contributed by atoms with Crippen molar-refractivity contribution in [3.63, 3.8) is 0 Å². The van der Waals surface area contributed by atoms with Crippen LogP contribution in [-0.4, -0.2) is 33.9 Å². The first kappa shape index (κ1) is 14.1. The zero-order valence-electron chi connectivity index (χ0n) is 11.8. The summed E-state index contributed by atoms with van der Waals surface area (Å²) in [7, 11) is 0. The van der Waals surface area contributed by atoms with Gasteiger partial charge in [-0.3, -0.25) is 4.79 Å². The van der Waals surface area contributed by atoms with E-state index >= 15 is 0 Å². The molecule has 0 atom stereocenters. The largest absolute Gasteiger partial charge is 0.348 e. The summed E-state index contributed by atoms with van der Waals surface area (Å²) in [6, 6.07) is 7.48. The van der Waals surface area contributed by atoms with Gasteiger partial charge in [0.2, 0.25) is 5.91 Å². The smallest absolute Gasteiger partial charge is 0.227 e. The molecule has 21 heavy (non-hydrogen) atoms. The number of hydrogen-bond acceptors (Lipinski definition) is 2. The van der Waals surface area contributed by atoms with Crippen molar-refractivity contribution in [2.75, 3.05) is 13.1 Å². The highest BCUT2D eigenvalue weighted by atomic mass is 35.5. The molecule has 1 amide bonds. The van der Waals surface area contributed by atoms with Gasteiger partial charge in [0.05, 0.1) is 18.4 Å². The predicted octanol–water partition coefficient (Wildman–Crippen LogP) is 2.62. The van der Waals surface area contributed by atoms with E-state index < -0.39 is 0 Å². The average molecular weight is 304 g/mol. The highest BCUT2D eigenvalue weighted by molar-refractivity contribution is 6.30. The number of rotatable bonds is 2. The maximum Gasteiger partial charge on any atom is 0.227 e. The number of imidazole rings is 1. The summed E-state index contributed by atoms with van der Waals surface area (Å²) in [6.45, 7) is 1.55. The number of halogens is 1. The number of amides is 1. The third kappa shape index (κ3) is 3.45. The number of hydrogen-bond donors (Lipinski definition) is 1. The molecule has 1 N–H and O–H groups in total. The molecule has 1 aliphatic rings. The third-order valence-corrected chi connectivity index (χ3v) is 4.15. The molecule has 0 bridgehead atoms. The van der Waals surface area contributed by atoms with E-state index in [0.717, 1.165) is 43.6 Å². The van der Waals surface area contributed by atoms with Crippen molar-refractivity contribution >= 4 is 17.5 Å². The van der Waals surface area contributed by atoms with Gasteiger partial charge >= 0.3 is 0 Å². The molecule has 1 aliphatic heterocycles. The monoisotopic (exact) mass is 303 g/mol. The second kappa shape index (κ2) is 6.31. The van der Waals surface area contributed by atoms with Crippen LogP contribution in [0.1, 0.15) is 23.4 Å². The van der Waals surface area contributed by atoms with Gasteiger partial charge in [-0.1, -0.05) is 23.7 Å². The van der Waals surface area contributed by atoms with Gasteiger partial charge < -0.3 is 9.88 Å². The van der Waals surface area contributed by atoms with Crippen LogP contribution < -0.4 is 0 Å². The molecule has 0 saturated heterocycles. The molecule has 1 aromatic heterocycles. The Bertz CT molecular complexity index is 621. The minimum atomic E-state index is 0.177. The summed E-state index contributed by atoms with van der Waals surface area (Å²) in [5.74, 6) is 0.177. The van der Waals surface area contributed by atoms with E-state index in [1.807, 2.05) is 29.2 Å². The van der Waals surface area contributed by atoms with Crippen LogP contribution in [0.3, 0.4) is 0 Å². The number of nitrogens with one attached hydrogen (secondary N) is 1. The van der Waals surface area contributed by atoms with Crippen LogP contribution in [-0.2, 0) is 24.1 Å². The number of carbonyl (C=O) groups excluding carboxylic acids is 1. The standard InChI is InChI=1S/C16H18ClN3O/c17-13-5-3-12(4-6-13)10-16(21)20-8-1-2-14-15(7-9-20)19-11-18-14/h3-6,11H,1-2,7-10H2,(H,18,19). The summed E-state index contributed by atoms with van der Waals surface area (Å²) >= 11 is 5.87. The summed E-state index contributed by atoms with van der Waals surface area (Å²) in [4.78, 5) is 21.9. The molecule has 0 unspecified atom stereocenters. The van der Waals surface area contributed by atoms with Crippen molar-refractivity contribution in [1.29, 1.82) is 0 Å². The van der Waals surface area contributed by atoms with Crippen molar-refractivity contribution in [3.8, 4) is 0 Å². The second-order valence-corrected chi connectivity index (χ2v) is 5.80. The average Bonchev–Trinajstić information content (AvgIpc) is 2.88. The van der Waals surface area contributed by atoms with E-state index in [2.05, 4.69) is 9.97 Å². The van der Waals surface area contributed by atoms with Crippen LogP contribution in [0, 0.1) is 0 Å². The highest BCUT2D eigenvalue weighted by Gasteiger charge is 2.18. The van der Waals surface area contributed by atoms with Gasteiger partial charge in [-0.25, -0.2) is 4.98 Å². The lowest BCUT2D eigenvalue weighted by molar-refractivity contribution is -0.130. The number of aryl methyl sites for hydroxylation is 1. The predicted molar refractivity (Wildman–Crippen MR) is 82.3 cm³/mol. The summed E-state index contributed by atoms with van der Waals surface area (Å²) < 4.78 is 0. The molecular weight excluding hydrogens is 286 g/mol. The summed E-state index contributed by atoms with van der Waals surface area (Å²) in [5, 5.41) is 0.698. The normalized spacial score (nSPS) is 15.2. The van der Waals surface area contributed by atoms with Crippen molar-refractivity contribution in [2.45, 2.75) is 25.7 Å². The fourth-order valence-corrected chi connectivity index (χ4v) is 2.84. The van der Waals surface area contributed by atoms with Gasteiger partial charge in [-0.15, -0.1) is 0 Å². The Kier molecular flexibility index (Phi) is 4.25. The molecule has 0 fully saturated rings. The lowest BCUT2D eigenvalue weighted by atomic mass is 10.1. The first-order valence-electron chi connectivity index (χ1n) is 7.26. The van der Waals surface area contributed by atoms with Gasteiger partial charge in [-0.2, -0.15) is 0 Å². The Labute approximate surface area is 129 Å². The van der Waals surface area contributed by atoms with Crippen LogP contribution >= 0.6 is 11.6 Å². The second-order valence-electron chi connectivity index (χ2n) is 5.37. The van der Waals surface area contributed by atoms with Crippen molar-refractivity contribution in [3.05, 3.63) is 52.6 Å². The van der Waals surface area contributed by atoms with E-state index in [9.17, 15) is 4.79 Å². The number of nitrogens with zero attached hydrogens (tertiary/aromatic N) is 2. The SMILES string of the molecule is O=C(Cc1ccc(Cl)cc1)N1CCCc2[nH]cnc2CC1. The van der Waals surface area contributed by atoms with Gasteiger partial charge in [0.1, 0.15) is 0 Å².